The molecule has 0 aliphatic carbocycles. The van der Waals surface area contributed by atoms with E-state index in [1.807, 2.05) is 30.3 Å². The van der Waals surface area contributed by atoms with Gasteiger partial charge < -0.3 is 15.7 Å². The fraction of sp³-hybridized carbons (Fsp3) is 0.235. The van der Waals surface area contributed by atoms with Gasteiger partial charge in [0, 0.05) is 18.8 Å². The second-order valence-electron chi connectivity index (χ2n) is 5.52. The predicted octanol–water partition coefficient (Wildman–Crippen LogP) is 2.58. The third-order valence-electron chi connectivity index (χ3n) is 3.82. The van der Waals surface area contributed by atoms with E-state index in [1.165, 1.54) is 5.56 Å². The van der Waals surface area contributed by atoms with Crippen molar-refractivity contribution in [2.45, 2.75) is 12.0 Å². The summed E-state index contributed by atoms with van der Waals surface area (Å²) in [5.74, 6) is -0.773. The van der Waals surface area contributed by atoms with E-state index in [4.69, 9.17) is 5.11 Å². The molecule has 2 aromatic rings. The van der Waals surface area contributed by atoms with Crippen molar-refractivity contribution in [3.63, 3.8) is 0 Å². The average molecular weight is 282 g/mol. The molecule has 1 aliphatic heterocycles. The summed E-state index contributed by atoms with van der Waals surface area (Å²) in [5.41, 5.74) is 2.92. The number of hydrogen-bond donors (Lipinski definition) is 3. The Kier molecular flexibility index (Phi) is 3.62. The normalized spacial score (nSPS) is 16.0. The summed E-state index contributed by atoms with van der Waals surface area (Å²) in [6, 6.07) is 18.3. The van der Waals surface area contributed by atoms with Gasteiger partial charge in [-0.25, -0.2) is 0 Å². The van der Waals surface area contributed by atoms with Crippen LogP contribution in [0.1, 0.15) is 6.42 Å². The summed E-state index contributed by atoms with van der Waals surface area (Å²) < 4.78 is 0. The molecule has 1 heterocycles. The zero-order chi connectivity index (χ0) is 14.7. The number of carboxylic acids is 1. The van der Waals surface area contributed by atoms with Crippen LogP contribution in [0.15, 0.2) is 54.6 Å². The molecule has 0 atom stereocenters. The van der Waals surface area contributed by atoms with E-state index in [-0.39, 0.29) is 12.0 Å². The van der Waals surface area contributed by atoms with E-state index >= 15 is 0 Å². The third-order valence-corrected chi connectivity index (χ3v) is 3.82. The van der Waals surface area contributed by atoms with Crippen molar-refractivity contribution < 1.29 is 9.90 Å². The zero-order valence-corrected chi connectivity index (χ0v) is 11.7. The van der Waals surface area contributed by atoms with Crippen LogP contribution >= 0.6 is 0 Å². The SMILES string of the molecule is O=C(O)CC1(Nc2ccc(-c3ccccc3)cc2)CNC1. The van der Waals surface area contributed by atoms with Crippen LogP contribution < -0.4 is 10.6 Å². The number of anilines is 1. The Morgan fingerprint density at radius 3 is 2.19 bits per heavy atom. The molecular weight excluding hydrogens is 264 g/mol. The first-order chi connectivity index (χ1) is 10.2. The summed E-state index contributed by atoms with van der Waals surface area (Å²) in [5, 5.41) is 15.5. The molecule has 21 heavy (non-hydrogen) atoms. The molecule has 0 spiro atoms. The Hall–Kier alpha value is -2.33. The Labute approximate surface area is 123 Å². The van der Waals surface area contributed by atoms with Gasteiger partial charge in [-0.3, -0.25) is 4.79 Å². The Balaban J connectivity index is 1.74. The highest BCUT2D eigenvalue weighted by atomic mass is 16.4. The molecule has 1 saturated heterocycles. The van der Waals surface area contributed by atoms with Crippen LogP contribution in [0, 0.1) is 0 Å². The van der Waals surface area contributed by atoms with Crippen LogP contribution in [-0.4, -0.2) is 29.7 Å². The van der Waals surface area contributed by atoms with Crippen LogP contribution in [0.5, 0.6) is 0 Å². The summed E-state index contributed by atoms with van der Waals surface area (Å²) in [4.78, 5) is 11.0. The minimum Gasteiger partial charge on any atom is -0.481 e. The van der Waals surface area contributed by atoms with Crippen molar-refractivity contribution in [1.29, 1.82) is 0 Å². The quantitative estimate of drug-likeness (QED) is 0.789. The smallest absolute Gasteiger partial charge is 0.305 e. The number of nitrogens with one attached hydrogen (secondary N) is 2. The van der Waals surface area contributed by atoms with Gasteiger partial charge in [-0.05, 0) is 23.3 Å². The van der Waals surface area contributed by atoms with Gasteiger partial charge in [0.2, 0.25) is 0 Å². The van der Waals surface area contributed by atoms with Gasteiger partial charge in [-0.2, -0.15) is 0 Å². The lowest BCUT2D eigenvalue weighted by molar-refractivity contribution is -0.138. The summed E-state index contributed by atoms with van der Waals surface area (Å²) in [6.07, 6.45) is 0.125. The van der Waals surface area contributed by atoms with Gasteiger partial charge in [0.1, 0.15) is 0 Å². The fourth-order valence-electron chi connectivity index (χ4n) is 2.66. The lowest BCUT2D eigenvalue weighted by Crippen LogP contribution is -2.65. The zero-order valence-electron chi connectivity index (χ0n) is 11.7. The largest absolute Gasteiger partial charge is 0.481 e. The van der Waals surface area contributed by atoms with Crippen LogP contribution in [-0.2, 0) is 4.79 Å². The topological polar surface area (TPSA) is 61.4 Å². The highest BCUT2D eigenvalue weighted by molar-refractivity contribution is 5.71. The molecule has 4 heteroatoms. The molecule has 4 nitrogen and oxygen atoms in total. The maximum atomic E-state index is 11.0. The first kappa shape index (κ1) is 13.6. The van der Waals surface area contributed by atoms with Crippen molar-refractivity contribution in [3.8, 4) is 11.1 Å². The van der Waals surface area contributed by atoms with Gasteiger partial charge in [-0.1, -0.05) is 42.5 Å². The standard InChI is InChI=1S/C17H18N2O2/c20-16(21)10-17(11-18-12-17)19-15-8-6-14(7-9-15)13-4-2-1-3-5-13/h1-9,18-19H,10-12H2,(H,20,21). The summed E-state index contributed by atoms with van der Waals surface area (Å²) in [7, 11) is 0. The molecule has 1 aliphatic rings. The Bertz CT molecular complexity index is 619. The second-order valence-corrected chi connectivity index (χ2v) is 5.52. The number of hydrogen-bond acceptors (Lipinski definition) is 3. The molecule has 3 rings (SSSR count). The minimum absolute atomic E-state index is 0.125. The highest BCUT2D eigenvalue weighted by Gasteiger charge is 2.38. The van der Waals surface area contributed by atoms with E-state index in [0.29, 0.717) is 13.1 Å². The lowest BCUT2D eigenvalue weighted by Gasteiger charge is -2.43. The first-order valence-corrected chi connectivity index (χ1v) is 7.03. The number of carboxylic acid groups (broad SMARTS) is 1. The number of carbonyl (C=O) groups is 1. The van der Waals surface area contributed by atoms with Gasteiger partial charge >= 0.3 is 5.97 Å². The first-order valence-electron chi connectivity index (χ1n) is 7.03. The maximum Gasteiger partial charge on any atom is 0.305 e. The molecule has 1 fully saturated rings. The molecule has 2 aromatic carbocycles. The maximum absolute atomic E-state index is 11.0. The molecule has 108 valence electrons. The van der Waals surface area contributed by atoms with Crippen LogP contribution in [0.4, 0.5) is 5.69 Å². The summed E-state index contributed by atoms with van der Waals surface area (Å²) >= 11 is 0. The van der Waals surface area contributed by atoms with Gasteiger partial charge in [-0.15, -0.1) is 0 Å². The molecule has 0 aromatic heterocycles. The predicted molar refractivity (Wildman–Crippen MR) is 83.4 cm³/mol. The van der Waals surface area contributed by atoms with E-state index in [1.54, 1.807) is 0 Å². The number of benzene rings is 2. The lowest BCUT2D eigenvalue weighted by atomic mass is 9.88. The van der Waals surface area contributed by atoms with E-state index in [2.05, 4.69) is 34.9 Å². The molecule has 0 bridgehead atoms. The molecule has 0 amide bonds. The molecular formula is C17H18N2O2. The van der Waals surface area contributed by atoms with Gasteiger partial charge in [0.25, 0.3) is 0 Å². The highest BCUT2D eigenvalue weighted by Crippen LogP contribution is 2.26. The Morgan fingerprint density at radius 2 is 1.67 bits per heavy atom. The van der Waals surface area contributed by atoms with Crippen molar-refractivity contribution in [3.05, 3.63) is 54.6 Å². The van der Waals surface area contributed by atoms with E-state index in [0.717, 1.165) is 11.3 Å². The van der Waals surface area contributed by atoms with E-state index in [9.17, 15) is 4.79 Å². The monoisotopic (exact) mass is 282 g/mol. The number of aliphatic carboxylic acids is 1. The van der Waals surface area contributed by atoms with Crippen LogP contribution in [0.25, 0.3) is 11.1 Å². The van der Waals surface area contributed by atoms with E-state index < -0.39 is 5.97 Å². The molecule has 3 N–H and O–H groups in total. The van der Waals surface area contributed by atoms with Gasteiger partial charge in [0.15, 0.2) is 0 Å². The van der Waals surface area contributed by atoms with Crippen LogP contribution in [0.3, 0.4) is 0 Å². The second kappa shape index (κ2) is 5.58. The fourth-order valence-corrected chi connectivity index (χ4v) is 2.66. The van der Waals surface area contributed by atoms with Gasteiger partial charge in [0.05, 0.1) is 12.0 Å². The van der Waals surface area contributed by atoms with Crippen LogP contribution in [0.2, 0.25) is 0 Å². The third kappa shape index (κ3) is 3.06. The average Bonchev–Trinajstić information content (AvgIpc) is 2.46. The van der Waals surface area contributed by atoms with Crippen molar-refractivity contribution in [2.24, 2.45) is 0 Å². The minimum atomic E-state index is -0.773. The Morgan fingerprint density at radius 1 is 1.05 bits per heavy atom. The molecule has 0 unspecified atom stereocenters. The van der Waals surface area contributed by atoms with Crippen molar-refractivity contribution in [1.82, 2.24) is 5.32 Å². The molecule has 0 radical (unpaired) electrons. The van der Waals surface area contributed by atoms with Crippen molar-refractivity contribution in [2.75, 3.05) is 18.4 Å². The number of rotatable bonds is 5. The molecule has 0 saturated carbocycles. The summed E-state index contributed by atoms with van der Waals surface area (Å²) in [6.45, 7) is 1.36. The van der Waals surface area contributed by atoms with Crippen molar-refractivity contribution >= 4 is 11.7 Å².